The van der Waals surface area contributed by atoms with Gasteiger partial charge in [0.25, 0.3) is 0 Å². The van der Waals surface area contributed by atoms with Crippen molar-refractivity contribution in [3.63, 3.8) is 0 Å². The van der Waals surface area contributed by atoms with E-state index < -0.39 is 12.0 Å². The Kier molecular flexibility index (Phi) is 6.22. The van der Waals surface area contributed by atoms with Crippen LogP contribution in [0.25, 0.3) is 22.3 Å². The zero-order valence-electron chi connectivity index (χ0n) is 18.6. The average molecular weight is 518 g/mol. The molecule has 7 nitrogen and oxygen atoms in total. The van der Waals surface area contributed by atoms with Gasteiger partial charge in [-0.1, -0.05) is 18.2 Å². The number of carboxylic acids is 1. The zero-order chi connectivity index (χ0) is 24.6. The van der Waals surface area contributed by atoms with Gasteiger partial charge in [-0.3, -0.25) is 4.79 Å². The van der Waals surface area contributed by atoms with Crippen LogP contribution in [-0.4, -0.2) is 16.1 Å². The summed E-state index contributed by atoms with van der Waals surface area (Å²) >= 11 is 3.20. The second-order valence-electron chi connectivity index (χ2n) is 8.01. The molecule has 2 heterocycles. The van der Waals surface area contributed by atoms with Gasteiger partial charge in [0, 0.05) is 16.7 Å². The van der Waals surface area contributed by atoms with Crippen LogP contribution in [0, 0.1) is 25.2 Å². The number of hydrogen-bond acceptors (Lipinski definition) is 6. The maximum Gasteiger partial charge on any atom is 0.356 e. The third-order valence-electron chi connectivity index (χ3n) is 5.55. The quantitative estimate of drug-likeness (QED) is 0.313. The number of carboxylic acid groups (broad SMARTS) is 1. The van der Waals surface area contributed by atoms with E-state index in [1.54, 1.807) is 49.4 Å². The smallest absolute Gasteiger partial charge is 0.356 e. The van der Waals surface area contributed by atoms with Crippen LogP contribution in [0.15, 0.2) is 62.3 Å². The fourth-order valence-electron chi connectivity index (χ4n) is 3.92. The molecule has 8 heteroatoms. The highest BCUT2D eigenvalue weighted by Gasteiger charge is 2.21. The Bertz CT molecular complexity index is 1550. The Balaban J connectivity index is 1.90. The fourth-order valence-corrected chi connectivity index (χ4v) is 4.23. The second kappa shape index (κ2) is 9.12. The summed E-state index contributed by atoms with van der Waals surface area (Å²) in [5.74, 6) is -0.768. The lowest BCUT2D eigenvalue weighted by molar-refractivity contribution is 0.0691. The van der Waals surface area contributed by atoms with Crippen LogP contribution in [0.4, 0.5) is 5.69 Å². The predicted molar refractivity (Wildman–Crippen MR) is 133 cm³/mol. The van der Waals surface area contributed by atoms with Gasteiger partial charge in [-0.05, 0) is 72.6 Å². The molecule has 0 fully saturated rings. The number of nitrogens with zero attached hydrogens (tertiary/aromatic N) is 2. The molecule has 170 valence electrons. The molecule has 1 atom stereocenters. The van der Waals surface area contributed by atoms with Gasteiger partial charge in [-0.25, -0.2) is 9.78 Å². The lowest BCUT2D eigenvalue weighted by Gasteiger charge is -2.19. The molecule has 34 heavy (non-hydrogen) atoms. The van der Waals surface area contributed by atoms with Crippen LogP contribution >= 0.6 is 15.9 Å². The number of nitrogens with one attached hydrogen (secondary N) is 1. The summed E-state index contributed by atoms with van der Waals surface area (Å²) in [6, 6.07) is 15.6. The molecule has 4 aromatic rings. The molecular formula is C26H20BrN3O4. The monoisotopic (exact) mass is 517 g/mol. The summed E-state index contributed by atoms with van der Waals surface area (Å²) in [4.78, 5) is 29.0. The Morgan fingerprint density at radius 3 is 2.68 bits per heavy atom. The largest absolute Gasteiger partial charge is 0.476 e. The molecule has 1 unspecified atom stereocenters. The minimum absolute atomic E-state index is 0.121. The number of halogens is 1. The predicted octanol–water partition coefficient (Wildman–Crippen LogP) is 5.98. The molecule has 0 aliphatic heterocycles. The SMILES string of the molecule is Cc1cc(C(C)Nc2ccc(Br)nc2C(=O)O)c2oc(-c3cccc(C#N)c3)c(C)c(=O)c2c1. The van der Waals surface area contributed by atoms with E-state index in [4.69, 9.17) is 4.42 Å². The lowest BCUT2D eigenvalue weighted by atomic mass is 9.98. The summed E-state index contributed by atoms with van der Waals surface area (Å²) in [5.41, 5.74) is 3.57. The number of anilines is 1. The third-order valence-corrected chi connectivity index (χ3v) is 5.99. The van der Waals surface area contributed by atoms with Gasteiger partial charge in [-0.2, -0.15) is 5.26 Å². The molecule has 0 bridgehead atoms. The molecular weight excluding hydrogens is 498 g/mol. The molecule has 0 amide bonds. The van der Waals surface area contributed by atoms with Gasteiger partial charge in [0.1, 0.15) is 15.9 Å². The standard InChI is InChI=1S/C26H20BrN3O4/c1-13-9-18(15(3)29-20-7-8-21(27)30-22(20)26(32)33)25-19(10-13)23(31)14(2)24(34-25)17-6-4-5-16(11-17)12-28/h4-11,15,29H,1-3H3,(H,32,33). The minimum Gasteiger partial charge on any atom is -0.476 e. The van der Waals surface area contributed by atoms with Crippen LogP contribution in [0.3, 0.4) is 0 Å². The maximum absolute atomic E-state index is 13.3. The van der Waals surface area contributed by atoms with Gasteiger partial charge in [-0.15, -0.1) is 0 Å². The van der Waals surface area contributed by atoms with Crippen LogP contribution in [0.5, 0.6) is 0 Å². The fraction of sp³-hybridized carbons (Fsp3) is 0.154. The second-order valence-corrected chi connectivity index (χ2v) is 8.82. The van der Waals surface area contributed by atoms with E-state index in [1.165, 1.54) is 0 Å². The van der Waals surface area contributed by atoms with E-state index in [0.717, 1.165) is 5.56 Å². The van der Waals surface area contributed by atoms with Crippen LogP contribution in [0.2, 0.25) is 0 Å². The van der Waals surface area contributed by atoms with E-state index in [0.29, 0.717) is 49.3 Å². The first kappa shape index (κ1) is 23.2. The van der Waals surface area contributed by atoms with E-state index >= 15 is 0 Å². The average Bonchev–Trinajstić information content (AvgIpc) is 2.82. The first-order valence-electron chi connectivity index (χ1n) is 10.4. The number of fused-ring (bicyclic) bond motifs is 1. The number of nitriles is 1. The van der Waals surface area contributed by atoms with E-state index in [-0.39, 0.29) is 11.1 Å². The number of benzene rings is 2. The molecule has 0 radical (unpaired) electrons. The molecule has 0 aliphatic carbocycles. The van der Waals surface area contributed by atoms with Gasteiger partial charge in [0.15, 0.2) is 11.1 Å². The number of hydrogen-bond donors (Lipinski definition) is 2. The van der Waals surface area contributed by atoms with Crippen molar-refractivity contribution >= 4 is 38.6 Å². The van der Waals surface area contributed by atoms with Gasteiger partial charge in [0.05, 0.1) is 28.7 Å². The highest BCUT2D eigenvalue weighted by molar-refractivity contribution is 9.10. The van der Waals surface area contributed by atoms with E-state index in [1.807, 2.05) is 19.9 Å². The van der Waals surface area contributed by atoms with Crippen molar-refractivity contribution < 1.29 is 14.3 Å². The number of rotatable bonds is 5. The van der Waals surface area contributed by atoms with Gasteiger partial charge in [0.2, 0.25) is 0 Å². The first-order chi connectivity index (χ1) is 16.2. The molecule has 4 rings (SSSR count). The normalized spacial score (nSPS) is 11.7. The van der Waals surface area contributed by atoms with Crippen LogP contribution < -0.4 is 10.7 Å². The van der Waals surface area contributed by atoms with Gasteiger partial charge < -0.3 is 14.8 Å². The number of aromatic carboxylic acids is 1. The molecule has 2 aromatic heterocycles. The van der Waals surface area contributed by atoms with Crippen LogP contribution in [0.1, 0.15) is 45.7 Å². The van der Waals surface area contributed by atoms with Crippen molar-refractivity contribution in [3.8, 4) is 17.4 Å². The Morgan fingerprint density at radius 1 is 1.21 bits per heavy atom. The number of aryl methyl sites for hydroxylation is 1. The van der Waals surface area contributed by atoms with Crippen molar-refractivity contribution in [2.45, 2.75) is 26.8 Å². The van der Waals surface area contributed by atoms with E-state index in [9.17, 15) is 20.0 Å². The highest BCUT2D eigenvalue weighted by atomic mass is 79.9. The Hall–Kier alpha value is -3.96. The Labute approximate surface area is 203 Å². The molecule has 2 N–H and O–H groups in total. The third kappa shape index (κ3) is 4.30. The van der Waals surface area contributed by atoms with Crippen molar-refractivity contribution in [2.75, 3.05) is 5.32 Å². The van der Waals surface area contributed by atoms with Crippen LogP contribution in [-0.2, 0) is 0 Å². The number of aromatic nitrogens is 1. The molecule has 0 saturated heterocycles. The molecule has 0 saturated carbocycles. The maximum atomic E-state index is 13.3. The number of pyridine rings is 1. The van der Waals surface area contributed by atoms with Crippen molar-refractivity contribution in [2.24, 2.45) is 0 Å². The molecule has 2 aromatic carbocycles. The van der Waals surface area contributed by atoms with Crippen molar-refractivity contribution in [3.05, 3.63) is 91.3 Å². The molecule has 0 aliphatic rings. The van der Waals surface area contributed by atoms with Gasteiger partial charge >= 0.3 is 5.97 Å². The topological polar surface area (TPSA) is 116 Å². The summed E-state index contributed by atoms with van der Waals surface area (Å²) in [6.45, 7) is 5.45. The summed E-state index contributed by atoms with van der Waals surface area (Å²) in [5, 5.41) is 22.5. The van der Waals surface area contributed by atoms with Crippen molar-refractivity contribution in [1.82, 2.24) is 4.98 Å². The Morgan fingerprint density at radius 2 is 1.97 bits per heavy atom. The minimum atomic E-state index is -1.16. The summed E-state index contributed by atoms with van der Waals surface area (Å²) in [6.07, 6.45) is 0. The summed E-state index contributed by atoms with van der Waals surface area (Å²) in [7, 11) is 0. The first-order valence-corrected chi connectivity index (χ1v) is 11.2. The number of carbonyl (C=O) groups is 1. The molecule has 0 spiro atoms. The van der Waals surface area contributed by atoms with E-state index in [2.05, 4.69) is 32.3 Å². The highest BCUT2D eigenvalue weighted by Crippen LogP contribution is 2.33. The lowest BCUT2D eigenvalue weighted by Crippen LogP contribution is -2.14. The van der Waals surface area contributed by atoms with Crippen molar-refractivity contribution in [1.29, 1.82) is 5.26 Å². The zero-order valence-corrected chi connectivity index (χ0v) is 20.2. The summed E-state index contributed by atoms with van der Waals surface area (Å²) < 4.78 is 6.72.